The molecule has 4 nitrogen and oxygen atoms in total. The normalized spacial score (nSPS) is 12.3. The number of hydrogen-bond acceptors (Lipinski definition) is 4. The van der Waals surface area contributed by atoms with Crippen molar-refractivity contribution in [3.63, 3.8) is 0 Å². The number of hydrogen-bond donors (Lipinski definition) is 2. The Bertz CT molecular complexity index is 609. The minimum Gasteiger partial charge on any atom is -0.504 e. The summed E-state index contributed by atoms with van der Waals surface area (Å²) in [5.74, 6) is -1.03. The summed E-state index contributed by atoms with van der Waals surface area (Å²) in [6, 6.07) is 4.57. The van der Waals surface area contributed by atoms with Gasteiger partial charge in [0.05, 0.1) is 12.5 Å². The maximum absolute atomic E-state index is 12.3. The van der Waals surface area contributed by atoms with Crippen LogP contribution < -0.4 is 0 Å². The lowest BCUT2D eigenvalue weighted by Gasteiger charge is -2.16. The fraction of sp³-hybridized carbons (Fsp3) is 0.654. The quantitative estimate of drug-likeness (QED) is 0.120. The highest BCUT2D eigenvalue weighted by Gasteiger charge is 2.22. The van der Waals surface area contributed by atoms with Crippen LogP contribution in [0.1, 0.15) is 109 Å². The topological polar surface area (TPSA) is 66.8 Å². The molecule has 0 fully saturated rings. The van der Waals surface area contributed by atoms with E-state index >= 15 is 0 Å². The Morgan fingerprint density at radius 2 is 1.47 bits per heavy atom. The zero-order valence-electron chi connectivity index (χ0n) is 19.1. The first-order valence-electron chi connectivity index (χ1n) is 11.9. The molecule has 0 spiro atoms. The zero-order chi connectivity index (χ0) is 22.0. The summed E-state index contributed by atoms with van der Waals surface area (Å²) in [6.07, 6.45) is 20.1. The minimum absolute atomic E-state index is 0.175. The molecule has 1 aromatic carbocycles. The van der Waals surface area contributed by atoms with Crippen LogP contribution >= 0.6 is 0 Å². The van der Waals surface area contributed by atoms with Crippen LogP contribution in [0.2, 0.25) is 0 Å². The molecule has 0 aromatic heterocycles. The number of benzene rings is 1. The number of carbonyl (C=O) groups is 1. The number of phenols is 2. The van der Waals surface area contributed by atoms with Gasteiger partial charge in [-0.1, -0.05) is 76.5 Å². The molecular formula is C26H42O4. The standard InChI is InChI=1S/C26H42O4/c1-3-5-6-7-8-9-10-11-12-13-14-15-16-17-18-23(26(29)30-4-2)22-19-20-24(27)25(28)21-22/h11-12,19-21,23,27-28H,3-10,13-18H2,1-2H3. The van der Waals surface area contributed by atoms with Crippen molar-refractivity contribution in [2.75, 3.05) is 6.61 Å². The van der Waals surface area contributed by atoms with Crippen LogP contribution in [0, 0.1) is 0 Å². The van der Waals surface area contributed by atoms with Crippen molar-refractivity contribution in [2.45, 2.75) is 103 Å². The molecule has 30 heavy (non-hydrogen) atoms. The second-order valence-electron chi connectivity index (χ2n) is 8.07. The van der Waals surface area contributed by atoms with Gasteiger partial charge < -0.3 is 14.9 Å². The van der Waals surface area contributed by atoms with Crippen LogP contribution in [-0.4, -0.2) is 22.8 Å². The van der Waals surface area contributed by atoms with Crippen molar-refractivity contribution in [2.24, 2.45) is 0 Å². The van der Waals surface area contributed by atoms with Gasteiger partial charge in [0, 0.05) is 0 Å². The zero-order valence-corrected chi connectivity index (χ0v) is 19.1. The van der Waals surface area contributed by atoms with E-state index in [0.29, 0.717) is 18.6 Å². The predicted molar refractivity (Wildman–Crippen MR) is 124 cm³/mol. The summed E-state index contributed by atoms with van der Waals surface area (Å²) in [4.78, 5) is 12.3. The molecular weight excluding hydrogens is 376 g/mol. The molecule has 170 valence electrons. The van der Waals surface area contributed by atoms with Gasteiger partial charge in [-0.3, -0.25) is 4.79 Å². The SMILES string of the molecule is CCCCCCCCC=CCCCCCCC(C(=O)OCC)c1ccc(O)c(O)c1. The Labute approximate surface area is 183 Å². The van der Waals surface area contributed by atoms with Gasteiger partial charge in [0.25, 0.3) is 0 Å². The number of esters is 1. The van der Waals surface area contributed by atoms with Gasteiger partial charge in [0.2, 0.25) is 0 Å². The van der Waals surface area contributed by atoms with E-state index in [-0.39, 0.29) is 17.5 Å². The lowest BCUT2D eigenvalue weighted by molar-refractivity contribution is -0.145. The van der Waals surface area contributed by atoms with Crippen molar-refractivity contribution in [3.8, 4) is 11.5 Å². The average molecular weight is 419 g/mol. The molecule has 0 bridgehead atoms. The third-order valence-corrected chi connectivity index (χ3v) is 5.48. The third-order valence-electron chi connectivity index (χ3n) is 5.48. The van der Waals surface area contributed by atoms with Gasteiger partial charge in [0.15, 0.2) is 11.5 Å². The molecule has 4 heteroatoms. The third kappa shape index (κ3) is 11.3. The number of aromatic hydroxyl groups is 2. The molecule has 0 amide bonds. The molecule has 1 atom stereocenters. The maximum atomic E-state index is 12.3. The molecule has 0 aliphatic heterocycles. The molecule has 1 unspecified atom stereocenters. The molecule has 0 saturated carbocycles. The van der Waals surface area contributed by atoms with Crippen LogP contribution in [0.25, 0.3) is 0 Å². The largest absolute Gasteiger partial charge is 0.504 e. The Morgan fingerprint density at radius 3 is 2.07 bits per heavy atom. The summed E-state index contributed by atoms with van der Waals surface area (Å²) in [7, 11) is 0. The number of phenolic OH excluding ortho intramolecular Hbond substituents is 2. The van der Waals surface area contributed by atoms with Gasteiger partial charge in [-0.15, -0.1) is 0 Å². The minimum atomic E-state index is -0.395. The summed E-state index contributed by atoms with van der Waals surface area (Å²) >= 11 is 0. The Balaban J connectivity index is 2.22. The highest BCUT2D eigenvalue weighted by molar-refractivity contribution is 5.78. The van der Waals surface area contributed by atoms with E-state index in [0.717, 1.165) is 25.7 Å². The smallest absolute Gasteiger partial charge is 0.313 e. The fourth-order valence-corrected chi connectivity index (χ4v) is 3.66. The van der Waals surface area contributed by atoms with Crippen LogP contribution in [-0.2, 0) is 9.53 Å². The van der Waals surface area contributed by atoms with Crippen molar-refractivity contribution in [1.29, 1.82) is 0 Å². The lowest BCUT2D eigenvalue weighted by atomic mass is 9.92. The molecule has 1 rings (SSSR count). The summed E-state index contributed by atoms with van der Waals surface area (Å²) in [5.41, 5.74) is 0.696. The van der Waals surface area contributed by atoms with Crippen molar-refractivity contribution < 1.29 is 19.7 Å². The van der Waals surface area contributed by atoms with E-state index in [4.69, 9.17) is 4.74 Å². The highest BCUT2D eigenvalue weighted by atomic mass is 16.5. The maximum Gasteiger partial charge on any atom is 0.313 e. The Morgan fingerprint density at radius 1 is 0.867 bits per heavy atom. The summed E-state index contributed by atoms with van der Waals surface area (Å²) < 4.78 is 5.21. The first-order valence-corrected chi connectivity index (χ1v) is 11.9. The van der Waals surface area contributed by atoms with E-state index in [9.17, 15) is 15.0 Å². The molecule has 1 aromatic rings. The molecule has 0 saturated heterocycles. The number of allylic oxidation sites excluding steroid dienone is 2. The van der Waals surface area contributed by atoms with Gasteiger partial charge in [-0.25, -0.2) is 0 Å². The molecule has 2 N–H and O–H groups in total. The van der Waals surface area contributed by atoms with Crippen LogP contribution in [0.3, 0.4) is 0 Å². The molecule has 0 aliphatic rings. The first kappa shape index (κ1) is 26.1. The first-order chi connectivity index (χ1) is 14.6. The van der Waals surface area contributed by atoms with Crippen LogP contribution in [0.5, 0.6) is 11.5 Å². The van der Waals surface area contributed by atoms with E-state index in [2.05, 4.69) is 19.1 Å². The highest BCUT2D eigenvalue weighted by Crippen LogP contribution is 2.31. The van der Waals surface area contributed by atoms with Crippen molar-refractivity contribution in [1.82, 2.24) is 0 Å². The number of unbranched alkanes of at least 4 members (excludes halogenated alkanes) is 10. The van der Waals surface area contributed by atoms with E-state index in [1.165, 1.54) is 63.5 Å². The van der Waals surface area contributed by atoms with E-state index in [1.54, 1.807) is 13.0 Å². The summed E-state index contributed by atoms with van der Waals surface area (Å²) in [5, 5.41) is 19.3. The number of ether oxygens (including phenoxy) is 1. The average Bonchev–Trinajstić information content (AvgIpc) is 2.73. The van der Waals surface area contributed by atoms with E-state index < -0.39 is 5.92 Å². The summed E-state index contributed by atoms with van der Waals surface area (Å²) in [6.45, 7) is 4.39. The van der Waals surface area contributed by atoms with Gasteiger partial charge in [-0.05, 0) is 56.7 Å². The lowest BCUT2D eigenvalue weighted by Crippen LogP contribution is -2.16. The van der Waals surface area contributed by atoms with Gasteiger partial charge >= 0.3 is 5.97 Å². The second-order valence-corrected chi connectivity index (χ2v) is 8.07. The Hall–Kier alpha value is -1.97. The van der Waals surface area contributed by atoms with Crippen molar-refractivity contribution >= 4 is 5.97 Å². The van der Waals surface area contributed by atoms with Crippen molar-refractivity contribution in [3.05, 3.63) is 35.9 Å². The van der Waals surface area contributed by atoms with Gasteiger partial charge in [0.1, 0.15) is 0 Å². The molecule has 0 aliphatic carbocycles. The Kier molecular flexibility index (Phi) is 14.6. The van der Waals surface area contributed by atoms with E-state index in [1.807, 2.05) is 0 Å². The number of rotatable bonds is 17. The van der Waals surface area contributed by atoms with Crippen LogP contribution in [0.15, 0.2) is 30.4 Å². The van der Waals surface area contributed by atoms with Crippen LogP contribution in [0.4, 0.5) is 0 Å². The fourth-order valence-electron chi connectivity index (χ4n) is 3.66. The van der Waals surface area contributed by atoms with Gasteiger partial charge in [-0.2, -0.15) is 0 Å². The molecule has 0 radical (unpaired) electrons. The predicted octanol–water partition coefficient (Wildman–Crippen LogP) is 7.39. The molecule has 0 heterocycles. The second kappa shape index (κ2) is 16.8. The monoisotopic (exact) mass is 418 g/mol. The number of carbonyl (C=O) groups excluding carboxylic acids is 1.